The van der Waals surface area contributed by atoms with E-state index >= 15 is 0 Å². The van der Waals surface area contributed by atoms with Crippen molar-refractivity contribution in [2.45, 2.75) is 83.3 Å². The van der Waals surface area contributed by atoms with E-state index in [2.05, 4.69) is 6.92 Å². The monoisotopic (exact) mass is 366 g/mol. The highest BCUT2D eigenvalue weighted by Gasteiger charge is 2.42. The fraction of sp³-hybridized carbons (Fsp3) is 0.905. The van der Waals surface area contributed by atoms with Gasteiger partial charge in [-0.3, -0.25) is 9.59 Å². The molecule has 2 aliphatic carbocycles. The van der Waals surface area contributed by atoms with Crippen molar-refractivity contribution in [1.82, 2.24) is 0 Å². The molecule has 1 aliphatic heterocycles. The second kappa shape index (κ2) is 9.84. The van der Waals surface area contributed by atoms with E-state index in [0.717, 1.165) is 50.5 Å². The molecule has 3 fully saturated rings. The molecule has 0 N–H and O–H groups in total. The third-order valence-corrected chi connectivity index (χ3v) is 6.13. The first-order valence-corrected chi connectivity index (χ1v) is 10.5. The number of carbonyl (C=O) groups is 2. The number of rotatable bonds is 10. The molecule has 1 heterocycles. The minimum atomic E-state index is -0.144. The van der Waals surface area contributed by atoms with E-state index in [1.54, 1.807) is 0 Å². The SMILES string of the molecule is CC1CC(COC(=O)CCCCC(=O)COC2CCC3CC3C2)CCO1. The van der Waals surface area contributed by atoms with Crippen LogP contribution in [0.1, 0.15) is 71.1 Å². The summed E-state index contributed by atoms with van der Waals surface area (Å²) in [4.78, 5) is 23.7. The van der Waals surface area contributed by atoms with Crippen molar-refractivity contribution in [3.63, 3.8) is 0 Å². The summed E-state index contributed by atoms with van der Waals surface area (Å²) in [5.74, 6) is 2.27. The van der Waals surface area contributed by atoms with Crippen LogP contribution in [0.2, 0.25) is 0 Å². The Morgan fingerprint density at radius 1 is 1.00 bits per heavy atom. The molecule has 3 aliphatic rings. The summed E-state index contributed by atoms with van der Waals surface area (Å²) in [6, 6.07) is 0. The smallest absolute Gasteiger partial charge is 0.305 e. The largest absolute Gasteiger partial charge is 0.465 e. The summed E-state index contributed by atoms with van der Waals surface area (Å²) < 4.78 is 16.7. The lowest BCUT2D eigenvalue weighted by Crippen LogP contribution is -2.27. The van der Waals surface area contributed by atoms with Gasteiger partial charge in [0.2, 0.25) is 0 Å². The number of ketones is 1. The molecular weight excluding hydrogens is 332 g/mol. The van der Waals surface area contributed by atoms with Crippen LogP contribution in [0, 0.1) is 17.8 Å². The second-order valence-electron chi connectivity index (χ2n) is 8.50. The molecule has 0 aromatic rings. The number of fused-ring (bicyclic) bond motifs is 1. The van der Waals surface area contributed by atoms with Crippen LogP contribution in [0.4, 0.5) is 0 Å². The third-order valence-electron chi connectivity index (χ3n) is 6.13. The molecule has 5 heteroatoms. The molecule has 2 saturated carbocycles. The molecule has 5 unspecified atom stereocenters. The minimum Gasteiger partial charge on any atom is -0.465 e. The molecule has 0 amide bonds. The Labute approximate surface area is 157 Å². The number of esters is 1. The lowest BCUT2D eigenvalue weighted by molar-refractivity contribution is -0.146. The summed E-state index contributed by atoms with van der Waals surface area (Å²) in [7, 11) is 0. The summed E-state index contributed by atoms with van der Waals surface area (Å²) in [6.07, 6.45) is 9.76. The van der Waals surface area contributed by atoms with Crippen LogP contribution >= 0.6 is 0 Å². The number of unbranched alkanes of at least 4 members (excludes halogenated alkanes) is 1. The van der Waals surface area contributed by atoms with Gasteiger partial charge < -0.3 is 14.2 Å². The van der Waals surface area contributed by atoms with E-state index in [0.29, 0.717) is 37.9 Å². The summed E-state index contributed by atoms with van der Waals surface area (Å²) >= 11 is 0. The Morgan fingerprint density at radius 3 is 2.65 bits per heavy atom. The van der Waals surface area contributed by atoms with Gasteiger partial charge in [-0.15, -0.1) is 0 Å². The number of carbonyl (C=O) groups excluding carboxylic acids is 2. The fourth-order valence-electron chi connectivity index (χ4n) is 4.36. The van der Waals surface area contributed by atoms with Gasteiger partial charge in [-0.25, -0.2) is 0 Å². The molecule has 0 spiro atoms. The first-order valence-electron chi connectivity index (χ1n) is 10.5. The molecule has 0 aromatic carbocycles. The highest BCUT2D eigenvalue weighted by Crippen LogP contribution is 2.50. The summed E-state index contributed by atoms with van der Waals surface area (Å²) in [5, 5.41) is 0. The van der Waals surface area contributed by atoms with Crippen LogP contribution in [-0.4, -0.2) is 43.8 Å². The molecule has 5 atom stereocenters. The van der Waals surface area contributed by atoms with Crippen LogP contribution < -0.4 is 0 Å². The molecule has 148 valence electrons. The van der Waals surface area contributed by atoms with E-state index in [4.69, 9.17) is 14.2 Å². The van der Waals surface area contributed by atoms with Gasteiger partial charge in [0.25, 0.3) is 0 Å². The second-order valence-corrected chi connectivity index (χ2v) is 8.50. The first kappa shape index (κ1) is 19.8. The zero-order valence-electron chi connectivity index (χ0n) is 16.1. The highest BCUT2D eigenvalue weighted by atomic mass is 16.5. The molecule has 5 nitrogen and oxygen atoms in total. The van der Waals surface area contributed by atoms with Gasteiger partial charge in [-0.1, -0.05) is 0 Å². The maximum atomic E-state index is 11.9. The van der Waals surface area contributed by atoms with Crippen LogP contribution in [0.3, 0.4) is 0 Å². The molecular formula is C21H34O5. The topological polar surface area (TPSA) is 61.8 Å². The number of Topliss-reactive ketones (excluding diaryl/α,β-unsaturated/α-hetero) is 1. The van der Waals surface area contributed by atoms with Crippen molar-refractivity contribution < 1.29 is 23.8 Å². The minimum absolute atomic E-state index is 0.144. The van der Waals surface area contributed by atoms with Crippen molar-refractivity contribution in [3.05, 3.63) is 0 Å². The van der Waals surface area contributed by atoms with Gasteiger partial charge in [0.05, 0.1) is 18.8 Å². The van der Waals surface area contributed by atoms with Crippen molar-refractivity contribution >= 4 is 11.8 Å². The lowest BCUT2D eigenvalue weighted by atomic mass is 9.97. The van der Waals surface area contributed by atoms with Crippen molar-refractivity contribution in [3.8, 4) is 0 Å². The Morgan fingerprint density at radius 2 is 1.85 bits per heavy atom. The standard InChI is InChI=1S/C21H34O5/c1-15-10-16(8-9-24-15)13-26-21(23)5-3-2-4-19(22)14-25-20-7-6-17-11-18(17)12-20/h15-18,20H,2-14H2,1H3. The number of ether oxygens (including phenoxy) is 3. The maximum Gasteiger partial charge on any atom is 0.305 e. The van der Waals surface area contributed by atoms with Gasteiger partial charge in [-0.2, -0.15) is 0 Å². The Bertz CT molecular complexity index is 453. The van der Waals surface area contributed by atoms with Crippen LogP contribution in [0.15, 0.2) is 0 Å². The molecule has 26 heavy (non-hydrogen) atoms. The maximum absolute atomic E-state index is 11.9. The third kappa shape index (κ3) is 6.66. The fourth-order valence-corrected chi connectivity index (χ4v) is 4.36. The molecule has 0 radical (unpaired) electrons. The zero-order chi connectivity index (χ0) is 18.4. The van der Waals surface area contributed by atoms with Crippen molar-refractivity contribution in [1.29, 1.82) is 0 Å². The van der Waals surface area contributed by atoms with Crippen molar-refractivity contribution in [2.75, 3.05) is 19.8 Å². The van der Waals surface area contributed by atoms with Crippen LogP contribution in [-0.2, 0) is 23.8 Å². The van der Waals surface area contributed by atoms with E-state index in [1.807, 2.05) is 0 Å². The Hall–Kier alpha value is -0.940. The predicted molar refractivity (Wildman–Crippen MR) is 97.8 cm³/mol. The number of hydrogen-bond donors (Lipinski definition) is 0. The van der Waals surface area contributed by atoms with E-state index < -0.39 is 0 Å². The van der Waals surface area contributed by atoms with E-state index in [9.17, 15) is 9.59 Å². The lowest BCUT2D eigenvalue weighted by Gasteiger charge is -2.26. The van der Waals surface area contributed by atoms with Gasteiger partial charge in [-0.05, 0) is 76.0 Å². The highest BCUT2D eigenvalue weighted by molar-refractivity contribution is 5.79. The average Bonchev–Trinajstić information content (AvgIpc) is 3.41. The first-order chi connectivity index (χ1) is 12.6. The van der Waals surface area contributed by atoms with E-state index in [1.165, 1.54) is 12.8 Å². The molecule has 1 saturated heterocycles. The quantitative estimate of drug-likeness (QED) is 0.436. The normalized spacial score (nSPS) is 33.3. The Balaban J connectivity index is 1.16. The van der Waals surface area contributed by atoms with Crippen LogP contribution in [0.5, 0.6) is 0 Å². The van der Waals surface area contributed by atoms with Gasteiger partial charge in [0.1, 0.15) is 6.61 Å². The zero-order valence-corrected chi connectivity index (χ0v) is 16.1. The van der Waals surface area contributed by atoms with Gasteiger partial charge in [0, 0.05) is 19.4 Å². The molecule has 0 aromatic heterocycles. The average molecular weight is 366 g/mol. The van der Waals surface area contributed by atoms with E-state index in [-0.39, 0.29) is 24.5 Å². The molecule has 3 rings (SSSR count). The molecule has 0 bridgehead atoms. The van der Waals surface area contributed by atoms with Gasteiger partial charge in [0.15, 0.2) is 5.78 Å². The summed E-state index contributed by atoms with van der Waals surface area (Å²) in [5.41, 5.74) is 0. The number of hydrogen-bond acceptors (Lipinski definition) is 5. The predicted octanol–water partition coefficient (Wildman–Crippen LogP) is 3.68. The van der Waals surface area contributed by atoms with Crippen LogP contribution in [0.25, 0.3) is 0 Å². The van der Waals surface area contributed by atoms with Crippen molar-refractivity contribution in [2.24, 2.45) is 17.8 Å². The van der Waals surface area contributed by atoms with Gasteiger partial charge >= 0.3 is 5.97 Å². The summed E-state index contributed by atoms with van der Waals surface area (Å²) in [6.45, 7) is 3.57. The Kier molecular flexibility index (Phi) is 7.50.